The van der Waals surface area contributed by atoms with Crippen molar-refractivity contribution in [2.24, 2.45) is 0 Å². The van der Waals surface area contributed by atoms with Gasteiger partial charge in [0.15, 0.2) is 0 Å². The molecule has 0 unspecified atom stereocenters. The number of anilines is 1. The first-order chi connectivity index (χ1) is 12.2. The lowest BCUT2D eigenvalue weighted by Gasteiger charge is -2.19. The normalized spacial score (nSPS) is 11.4. The van der Waals surface area contributed by atoms with Crippen LogP contribution >= 0.6 is 34.5 Å². The van der Waals surface area contributed by atoms with Gasteiger partial charge in [0.2, 0.25) is 0 Å². The van der Waals surface area contributed by atoms with Crippen molar-refractivity contribution in [3.05, 3.63) is 46.4 Å². The lowest BCUT2D eigenvalue weighted by atomic mass is 10.2. The van der Waals surface area contributed by atoms with Crippen LogP contribution < -0.4 is 10.1 Å². The summed E-state index contributed by atoms with van der Waals surface area (Å²) in [4.78, 5) is 16.3. The molecule has 0 spiro atoms. The number of thiazole rings is 1. The molecule has 26 heavy (non-hydrogen) atoms. The Bertz CT molecular complexity index is 967. The van der Waals surface area contributed by atoms with Crippen molar-refractivity contribution in [2.75, 3.05) is 5.32 Å². The quantitative estimate of drug-likeness (QED) is 0.518. The molecule has 1 aromatic heterocycles. The average molecular weight is 411 g/mol. The summed E-state index contributed by atoms with van der Waals surface area (Å²) in [6, 6.07) is 10.4. The van der Waals surface area contributed by atoms with Crippen LogP contribution in [0.3, 0.4) is 0 Å². The number of rotatable bonds is 3. The highest BCUT2D eigenvalue weighted by Gasteiger charge is 2.17. The van der Waals surface area contributed by atoms with E-state index in [0.29, 0.717) is 26.7 Å². The predicted octanol–water partition coefficient (Wildman–Crippen LogP) is 6.74. The molecule has 0 radical (unpaired) electrons. The Labute approximate surface area is 164 Å². The summed E-state index contributed by atoms with van der Waals surface area (Å²) in [7, 11) is 0. The largest absolute Gasteiger partial charge is 0.444 e. The number of benzene rings is 2. The van der Waals surface area contributed by atoms with E-state index in [0.717, 1.165) is 10.2 Å². The Morgan fingerprint density at radius 1 is 1.12 bits per heavy atom. The molecule has 3 rings (SSSR count). The summed E-state index contributed by atoms with van der Waals surface area (Å²) in [6.45, 7) is 5.37. The van der Waals surface area contributed by atoms with Gasteiger partial charge in [-0.3, -0.25) is 5.32 Å². The first-order valence-corrected chi connectivity index (χ1v) is 9.30. The van der Waals surface area contributed by atoms with E-state index < -0.39 is 11.7 Å². The highest BCUT2D eigenvalue weighted by atomic mass is 35.5. The molecule has 5 nitrogen and oxygen atoms in total. The van der Waals surface area contributed by atoms with Crippen LogP contribution in [0.5, 0.6) is 10.9 Å². The van der Waals surface area contributed by atoms with Crippen LogP contribution in [0, 0.1) is 0 Å². The van der Waals surface area contributed by atoms with Gasteiger partial charge >= 0.3 is 6.09 Å². The van der Waals surface area contributed by atoms with Gasteiger partial charge in [-0.25, -0.2) is 9.78 Å². The second kappa shape index (κ2) is 7.31. The number of nitrogens with one attached hydrogen (secondary N) is 1. The van der Waals surface area contributed by atoms with Gasteiger partial charge in [0.05, 0.1) is 10.2 Å². The minimum Gasteiger partial charge on any atom is -0.444 e. The van der Waals surface area contributed by atoms with Crippen molar-refractivity contribution >= 4 is 56.5 Å². The van der Waals surface area contributed by atoms with E-state index in [9.17, 15) is 4.79 Å². The summed E-state index contributed by atoms with van der Waals surface area (Å²) in [5.41, 5.74) is 0.627. The number of aromatic nitrogens is 1. The van der Waals surface area contributed by atoms with Gasteiger partial charge in [-0.1, -0.05) is 34.5 Å². The highest BCUT2D eigenvalue weighted by molar-refractivity contribution is 7.20. The Balaban J connectivity index is 1.79. The van der Waals surface area contributed by atoms with Crippen LogP contribution in [0.25, 0.3) is 10.2 Å². The van der Waals surface area contributed by atoms with Crippen molar-refractivity contribution < 1.29 is 14.3 Å². The molecule has 0 aliphatic carbocycles. The first-order valence-electron chi connectivity index (χ1n) is 7.72. The van der Waals surface area contributed by atoms with Crippen molar-refractivity contribution in [2.45, 2.75) is 26.4 Å². The van der Waals surface area contributed by atoms with Gasteiger partial charge in [0.1, 0.15) is 11.4 Å². The summed E-state index contributed by atoms with van der Waals surface area (Å²) in [6.07, 6.45) is -0.569. The summed E-state index contributed by atoms with van der Waals surface area (Å²) < 4.78 is 12.0. The van der Waals surface area contributed by atoms with Gasteiger partial charge in [0.25, 0.3) is 5.19 Å². The van der Waals surface area contributed by atoms with Crippen LogP contribution in [-0.2, 0) is 4.74 Å². The lowest BCUT2D eigenvalue weighted by Crippen LogP contribution is -2.27. The molecule has 0 saturated carbocycles. The van der Waals surface area contributed by atoms with Crippen LogP contribution in [-0.4, -0.2) is 16.7 Å². The van der Waals surface area contributed by atoms with E-state index in [-0.39, 0.29) is 0 Å². The third-order valence-electron chi connectivity index (χ3n) is 3.05. The molecule has 3 aromatic rings. The first kappa shape index (κ1) is 18.8. The maximum atomic E-state index is 11.9. The van der Waals surface area contributed by atoms with E-state index in [4.69, 9.17) is 32.7 Å². The van der Waals surface area contributed by atoms with Crippen molar-refractivity contribution in [3.63, 3.8) is 0 Å². The molecule has 0 bridgehead atoms. The van der Waals surface area contributed by atoms with Crippen LogP contribution in [0.15, 0.2) is 36.4 Å². The number of amides is 1. The summed E-state index contributed by atoms with van der Waals surface area (Å²) in [5.74, 6) is 0.453. The monoisotopic (exact) mass is 410 g/mol. The predicted molar refractivity (Wildman–Crippen MR) is 106 cm³/mol. The Morgan fingerprint density at radius 3 is 2.62 bits per heavy atom. The third-order valence-corrected chi connectivity index (χ3v) is 4.42. The van der Waals surface area contributed by atoms with Crippen molar-refractivity contribution in [1.29, 1.82) is 0 Å². The van der Waals surface area contributed by atoms with Crippen LogP contribution in [0.2, 0.25) is 10.0 Å². The summed E-state index contributed by atoms with van der Waals surface area (Å²) >= 11 is 13.5. The molecular weight excluding hydrogens is 395 g/mol. The number of hydrogen-bond donors (Lipinski definition) is 1. The van der Waals surface area contributed by atoms with Gasteiger partial charge in [-0.15, -0.1) is 0 Å². The second-order valence-electron chi connectivity index (χ2n) is 6.50. The van der Waals surface area contributed by atoms with Gasteiger partial charge in [-0.05, 0) is 51.1 Å². The zero-order chi connectivity index (χ0) is 18.9. The Hall–Kier alpha value is -2.02. The maximum absolute atomic E-state index is 11.9. The fourth-order valence-electron chi connectivity index (χ4n) is 2.14. The highest BCUT2D eigenvalue weighted by Crippen LogP contribution is 2.34. The Kier molecular flexibility index (Phi) is 5.27. The lowest BCUT2D eigenvalue weighted by molar-refractivity contribution is 0.0636. The van der Waals surface area contributed by atoms with Crippen molar-refractivity contribution in [1.82, 2.24) is 4.98 Å². The van der Waals surface area contributed by atoms with Gasteiger partial charge < -0.3 is 9.47 Å². The molecule has 1 N–H and O–H groups in total. The number of hydrogen-bond acceptors (Lipinski definition) is 5. The molecule has 8 heteroatoms. The smallest absolute Gasteiger partial charge is 0.412 e. The van der Waals surface area contributed by atoms with Gasteiger partial charge in [0, 0.05) is 21.8 Å². The SMILES string of the molecule is CC(C)(C)OC(=O)Nc1cc(Cl)cc(Oc2nc3cc(Cl)ccc3s2)c1. The molecule has 1 amide bonds. The van der Waals surface area contributed by atoms with E-state index in [2.05, 4.69) is 10.3 Å². The molecule has 136 valence electrons. The molecule has 2 aromatic carbocycles. The Morgan fingerprint density at radius 2 is 1.88 bits per heavy atom. The number of carbonyl (C=O) groups excluding carboxylic acids is 1. The van der Waals surface area contributed by atoms with Crippen LogP contribution in [0.4, 0.5) is 10.5 Å². The number of carbonyl (C=O) groups is 1. The van der Waals surface area contributed by atoms with Gasteiger partial charge in [-0.2, -0.15) is 0 Å². The zero-order valence-electron chi connectivity index (χ0n) is 14.3. The molecule has 1 heterocycles. The molecule has 0 aliphatic rings. The second-order valence-corrected chi connectivity index (χ2v) is 8.36. The average Bonchev–Trinajstić information content (AvgIpc) is 2.85. The van der Waals surface area contributed by atoms with E-state index in [1.165, 1.54) is 11.3 Å². The number of fused-ring (bicyclic) bond motifs is 1. The standard InChI is InChI=1S/C18H16Cl2N2O3S/c1-18(2,3)25-16(23)21-12-6-11(20)7-13(9-12)24-17-22-14-8-10(19)4-5-15(14)26-17/h4-9H,1-3H3,(H,21,23). The molecule has 0 fully saturated rings. The minimum atomic E-state index is -0.593. The number of nitrogens with zero attached hydrogens (tertiary/aromatic N) is 1. The van der Waals surface area contributed by atoms with Crippen molar-refractivity contribution in [3.8, 4) is 10.9 Å². The van der Waals surface area contributed by atoms with E-state index in [1.807, 2.05) is 6.07 Å². The minimum absolute atomic E-state index is 0.415. The molecule has 0 atom stereocenters. The fourth-order valence-corrected chi connectivity index (χ4v) is 3.35. The van der Waals surface area contributed by atoms with E-state index >= 15 is 0 Å². The number of halogens is 2. The number of ether oxygens (including phenoxy) is 2. The fraction of sp³-hybridized carbons (Fsp3) is 0.222. The topological polar surface area (TPSA) is 60.5 Å². The maximum Gasteiger partial charge on any atom is 0.412 e. The molecule has 0 aliphatic heterocycles. The molecule has 0 saturated heterocycles. The zero-order valence-corrected chi connectivity index (χ0v) is 16.6. The third kappa shape index (κ3) is 5.00. The van der Waals surface area contributed by atoms with E-state index in [1.54, 1.807) is 51.1 Å². The summed E-state index contributed by atoms with van der Waals surface area (Å²) in [5, 5.41) is 4.12. The molecular formula is C18H16Cl2N2O3S. The van der Waals surface area contributed by atoms with Crippen LogP contribution in [0.1, 0.15) is 20.8 Å².